The molecule has 0 aliphatic carbocycles. The molecule has 0 fully saturated rings. The summed E-state index contributed by atoms with van der Waals surface area (Å²) in [5.74, 6) is -1.42. The van der Waals surface area contributed by atoms with E-state index in [2.05, 4.69) is 5.32 Å². The highest BCUT2D eigenvalue weighted by molar-refractivity contribution is 6.37. The van der Waals surface area contributed by atoms with Crippen LogP contribution in [0.4, 0.5) is 0 Å². The Labute approximate surface area is 127 Å². The molecular weight excluding hydrogens is 296 g/mol. The van der Waals surface area contributed by atoms with Crippen molar-refractivity contribution in [3.8, 4) is 0 Å². The smallest absolute Gasteiger partial charge is 0.263 e. The molecular formula is C14H15ClN2O4. The van der Waals surface area contributed by atoms with Crippen molar-refractivity contribution in [2.75, 3.05) is 26.8 Å². The normalized spacial score (nSPS) is 13.5. The van der Waals surface area contributed by atoms with Gasteiger partial charge in [-0.3, -0.25) is 19.3 Å². The van der Waals surface area contributed by atoms with Gasteiger partial charge in [0.25, 0.3) is 11.8 Å². The quantitative estimate of drug-likeness (QED) is 0.630. The Kier molecular flexibility index (Phi) is 4.93. The van der Waals surface area contributed by atoms with Crippen LogP contribution in [-0.4, -0.2) is 49.4 Å². The minimum atomic E-state index is -0.535. The number of methoxy groups -OCH3 is 1. The van der Waals surface area contributed by atoms with E-state index < -0.39 is 17.7 Å². The number of nitrogens with one attached hydrogen (secondary N) is 1. The van der Waals surface area contributed by atoms with Gasteiger partial charge in [0.2, 0.25) is 5.91 Å². The molecule has 0 aromatic heterocycles. The van der Waals surface area contributed by atoms with Crippen molar-refractivity contribution >= 4 is 29.3 Å². The molecule has 21 heavy (non-hydrogen) atoms. The van der Waals surface area contributed by atoms with Crippen LogP contribution in [0.15, 0.2) is 18.2 Å². The molecule has 0 unspecified atom stereocenters. The number of carbonyl (C=O) groups excluding carboxylic acids is 3. The summed E-state index contributed by atoms with van der Waals surface area (Å²) >= 11 is 5.94. The second-order valence-electron chi connectivity index (χ2n) is 4.56. The molecule has 1 aromatic carbocycles. The maximum atomic E-state index is 12.2. The lowest BCUT2D eigenvalue weighted by Gasteiger charge is -2.13. The number of benzene rings is 1. The fourth-order valence-electron chi connectivity index (χ4n) is 2.08. The Morgan fingerprint density at radius 3 is 2.76 bits per heavy atom. The first-order valence-electron chi connectivity index (χ1n) is 6.46. The first-order valence-corrected chi connectivity index (χ1v) is 6.84. The number of amides is 3. The van der Waals surface area contributed by atoms with Crippen molar-refractivity contribution in [3.05, 3.63) is 34.3 Å². The summed E-state index contributed by atoms with van der Waals surface area (Å²) in [5, 5.41) is 2.85. The lowest BCUT2D eigenvalue weighted by molar-refractivity contribution is -0.121. The van der Waals surface area contributed by atoms with Gasteiger partial charge in [0.15, 0.2) is 0 Å². The highest BCUT2D eigenvalue weighted by atomic mass is 35.5. The third-order valence-electron chi connectivity index (χ3n) is 3.10. The Bertz CT molecular complexity index is 588. The van der Waals surface area contributed by atoms with E-state index in [4.69, 9.17) is 16.3 Å². The minimum absolute atomic E-state index is 0.163. The van der Waals surface area contributed by atoms with Crippen LogP contribution in [0.5, 0.6) is 0 Å². The van der Waals surface area contributed by atoms with Crippen molar-refractivity contribution in [1.29, 1.82) is 0 Å². The van der Waals surface area contributed by atoms with Crippen LogP contribution in [0.2, 0.25) is 5.02 Å². The van der Waals surface area contributed by atoms with Crippen LogP contribution in [0.1, 0.15) is 27.1 Å². The number of nitrogens with zero attached hydrogens (tertiary/aromatic N) is 1. The van der Waals surface area contributed by atoms with E-state index >= 15 is 0 Å². The minimum Gasteiger partial charge on any atom is -0.385 e. The second-order valence-corrected chi connectivity index (χ2v) is 4.96. The molecule has 6 nitrogen and oxygen atoms in total. The largest absolute Gasteiger partial charge is 0.385 e. The molecule has 0 saturated carbocycles. The first-order chi connectivity index (χ1) is 10.1. The van der Waals surface area contributed by atoms with Crippen molar-refractivity contribution in [3.63, 3.8) is 0 Å². The Balaban J connectivity index is 2.00. The summed E-state index contributed by atoms with van der Waals surface area (Å²) in [7, 11) is 1.57. The molecule has 0 spiro atoms. The van der Waals surface area contributed by atoms with Crippen LogP contribution in [0, 0.1) is 0 Å². The average Bonchev–Trinajstić information content (AvgIpc) is 2.70. The molecule has 7 heteroatoms. The number of fused-ring (bicyclic) bond motifs is 1. The van der Waals surface area contributed by atoms with Crippen LogP contribution in [-0.2, 0) is 9.53 Å². The average molecular weight is 311 g/mol. The SMILES string of the molecule is COCCCNC(=O)CN1C(=O)c2cccc(Cl)c2C1=O. The summed E-state index contributed by atoms with van der Waals surface area (Å²) in [6, 6.07) is 4.67. The highest BCUT2D eigenvalue weighted by Crippen LogP contribution is 2.28. The predicted octanol–water partition coefficient (Wildman–Crippen LogP) is 1.09. The van der Waals surface area contributed by atoms with E-state index in [-0.39, 0.29) is 22.7 Å². The molecule has 1 aliphatic rings. The van der Waals surface area contributed by atoms with Crippen molar-refractivity contribution in [1.82, 2.24) is 10.2 Å². The summed E-state index contributed by atoms with van der Waals surface area (Å²) < 4.78 is 4.86. The van der Waals surface area contributed by atoms with Gasteiger partial charge < -0.3 is 10.1 Å². The molecule has 0 radical (unpaired) electrons. The highest BCUT2D eigenvalue weighted by Gasteiger charge is 2.37. The lowest BCUT2D eigenvalue weighted by Crippen LogP contribution is -2.40. The number of halogens is 1. The van der Waals surface area contributed by atoms with E-state index in [1.807, 2.05) is 0 Å². The maximum Gasteiger partial charge on any atom is 0.263 e. The zero-order valence-electron chi connectivity index (χ0n) is 11.5. The fraction of sp³-hybridized carbons (Fsp3) is 0.357. The Morgan fingerprint density at radius 2 is 2.10 bits per heavy atom. The number of carbonyl (C=O) groups is 3. The molecule has 1 heterocycles. The molecule has 112 valence electrons. The molecule has 0 saturated heterocycles. The van der Waals surface area contributed by atoms with E-state index in [0.717, 1.165) is 4.90 Å². The van der Waals surface area contributed by atoms with Gasteiger partial charge in [-0.25, -0.2) is 0 Å². The van der Waals surface area contributed by atoms with Gasteiger partial charge in [-0.15, -0.1) is 0 Å². The van der Waals surface area contributed by atoms with Gasteiger partial charge in [-0.05, 0) is 18.6 Å². The van der Waals surface area contributed by atoms with Crippen LogP contribution >= 0.6 is 11.6 Å². The van der Waals surface area contributed by atoms with Gasteiger partial charge in [0.05, 0.1) is 16.1 Å². The van der Waals surface area contributed by atoms with Crippen molar-refractivity contribution < 1.29 is 19.1 Å². The molecule has 1 N–H and O–H groups in total. The number of imide groups is 1. The van der Waals surface area contributed by atoms with Gasteiger partial charge in [-0.2, -0.15) is 0 Å². The summed E-state index contributed by atoms with van der Waals surface area (Å²) in [5.41, 5.74) is 0.399. The summed E-state index contributed by atoms with van der Waals surface area (Å²) in [4.78, 5) is 36.9. The molecule has 1 aromatic rings. The third kappa shape index (κ3) is 3.22. The number of hydrogen-bond donors (Lipinski definition) is 1. The predicted molar refractivity (Wildman–Crippen MR) is 76.3 cm³/mol. The molecule has 0 bridgehead atoms. The zero-order chi connectivity index (χ0) is 15.4. The van der Waals surface area contributed by atoms with Gasteiger partial charge in [-0.1, -0.05) is 17.7 Å². The second kappa shape index (κ2) is 6.69. The fourth-order valence-corrected chi connectivity index (χ4v) is 2.34. The van der Waals surface area contributed by atoms with E-state index in [0.29, 0.717) is 19.6 Å². The molecule has 2 rings (SSSR count). The Hall–Kier alpha value is -1.92. The van der Waals surface area contributed by atoms with E-state index in [1.165, 1.54) is 6.07 Å². The summed E-state index contributed by atoms with van der Waals surface area (Å²) in [6.07, 6.45) is 0.663. The van der Waals surface area contributed by atoms with Gasteiger partial charge in [0.1, 0.15) is 6.54 Å². The molecule has 1 aliphatic heterocycles. The standard InChI is InChI=1S/C14H15ClN2O4/c1-21-7-3-6-16-11(18)8-17-13(19)9-4-2-5-10(15)12(9)14(17)20/h2,4-5H,3,6-8H2,1H3,(H,16,18). The lowest BCUT2D eigenvalue weighted by atomic mass is 10.1. The van der Waals surface area contributed by atoms with Crippen LogP contribution in [0.25, 0.3) is 0 Å². The van der Waals surface area contributed by atoms with E-state index in [1.54, 1.807) is 19.2 Å². The Morgan fingerprint density at radius 1 is 1.33 bits per heavy atom. The van der Waals surface area contributed by atoms with Crippen molar-refractivity contribution in [2.45, 2.75) is 6.42 Å². The monoisotopic (exact) mass is 310 g/mol. The topological polar surface area (TPSA) is 75.7 Å². The first kappa shape index (κ1) is 15.5. The number of ether oxygens (including phenoxy) is 1. The third-order valence-corrected chi connectivity index (χ3v) is 3.41. The summed E-state index contributed by atoms with van der Waals surface area (Å²) in [6.45, 7) is 0.648. The van der Waals surface area contributed by atoms with Crippen LogP contribution < -0.4 is 5.32 Å². The zero-order valence-corrected chi connectivity index (χ0v) is 12.3. The number of hydrogen-bond acceptors (Lipinski definition) is 4. The van der Waals surface area contributed by atoms with Gasteiger partial charge in [0, 0.05) is 20.3 Å². The van der Waals surface area contributed by atoms with Crippen molar-refractivity contribution in [2.24, 2.45) is 0 Å². The van der Waals surface area contributed by atoms with Crippen LogP contribution in [0.3, 0.4) is 0 Å². The van der Waals surface area contributed by atoms with E-state index in [9.17, 15) is 14.4 Å². The molecule has 0 atom stereocenters. The van der Waals surface area contributed by atoms with Gasteiger partial charge >= 0.3 is 0 Å². The number of rotatable bonds is 6. The molecule has 3 amide bonds. The maximum absolute atomic E-state index is 12.2.